The summed E-state index contributed by atoms with van der Waals surface area (Å²) in [6.07, 6.45) is 7.95. The van der Waals surface area contributed by atoms with Crippen molar-refractivity contribution in [3.05, 3.63) is 30.1 Å². The summed E-state index contributed by atoms with van der Waals surface area (Å²) in [5.41, 5.74) is 1.23. The molecule has 0 aliphatic carbocycles. The maximum absolute atomic E-state index is 5.53. The zero-order valence-electron chi connectivity index (χ0n) is 8.65. The smallest absolute Gasteiger partial charge is 0.0534 e. The minimum Gasteiger partial charge on any atom is -0.298 e. The van der Waals surface area contributed by atoms with Gasteiger partial charge in [-0.05, 0) is 7.05 Å². The molecule has 1 rings (SSSR count). The second kappa shape index (κ2) is 5.83. The highest BCUT2D eigenvalue weighted by Gasteiger charge is 1.99. The van der Waals surface area contributed by atoms with Gasteiger partial charge in [-0.15, -0.1) is 11.6 Å². The van der Waals surface area contributed by atoms with Gasteiger partial charge < -0.3 is 0 Å². The van der Waals surface area contributed by atoms with Crippen LogP contribution in [0, 0.1) is 0 Å². The van der Waals surface area contributed by atoms with Gasteiger partial charge in [0.2, 0.25) is 0 Å². The van der Waals surface area contributed by atoms with Crippen molar-refractivity contribution in [1.82, 2.24) is 14.7 Å². The molecule has 0 aliphatic rings. The van der Waals surface area contributed by atoms with Crippen LogP contribution in [0.2, 0.25) is 0 Å². The first-order valence-electron chi connectivity index (χ1n) is 4.59. The van der Waals surface area contributed by atoms with Crippen molar-refractivity contribution in [3.63, 3.8) is 0 Å². The molecule has 0 radical (unpaired) electrons. The molecule has 0 N–H and O–H groups in total. The second-order valence-corrected chi connectivity index (χ2v) is 3.65. The number of nitrogens with zero attached hydrogens (tertiary/aromatic N) is 3. The molecule has 1 aromatic heterocycles. The fourth-order valence-corrected chi connectivity index (χ4v) is 1.37. The third-order valence-electron chi connectivity index (χ3n) is 1.88. The first-order valence-corrected chi connectivity index (χ1v) is 5.13. The molecule has 0 spiro atoms. The van der Waals surface area contributed by atoms with Crippen LogP contribution in [0.15, 0.2) is 24.5 Å². The number of rotatable bonds is 5. The summed E-state index contributed by atoms with van der Waals surface area (Å²) in [6.45, 7) is 1.84. The Bertz CT molecular complexity index is 293. The average molecular weight is 214 g/mol. The number of hydrogen-bond donors (Lipinski definition) is 0. The largest absolute Gasteiger partial charge is 0.298 e. The molecule has 0 aromatic carbocycles. The number of allylic oxidation sites excluding steroid dienone is 1. The summed E-state index contributed by atoms with van der Waals surface area (Å²) in [6, 6.07) is 0. The van der Waals surface area contributed by atoms with Crippen molar-refractivity contribution >= 4 is 11.6 Å². The van der Waals surface area contributed by atoms with Gasteiger partial charge in [0.1, 0.15) is 0 Å². The Labute approximate surface area is 90.0 Å². The van der Waals surface area contributed by atoms with Crippen molar-refractivity contribution in [1.29, 1.82) is 0 Å². The van der Waals surface area contributed by atoms with Crippen LogP contribution in [0.3, 0.4) is 0 Å². The molecule has 0 atom stereocenters. The Morgan fingerprint density at radius 1 is 1.57 bits per heavy atom. The van der Waals surface area contributed by atoms with Gasteiger partial charge in [0.05, 0.1) is 6.20 Å². The first kappa shape index (κ1) is 11.3. The summed E-state index contributed by atoms with van der Waals surface area (Å²) < 4.78 is 1.82. The molecule has 0 aliphatic heterocycles. The zero-order chi connectivity index (χ0) is 10.4. The summed E-state index contributed by atoms with van der Waals surface area (Å²) in [7, 11) is 4.00. The molecule has 14 heavy (non-hydrogen) atoms. The van der Waals surface area contributed by atoms with E-state index >= 15 is 0 Å². The van der Waals surface area contributed by atoms with E-state index in [1.807, 2.05) is 30.2 Å². The number of halogens is 1. The fourth-order valence-electron chi connectivity index (χ4n) is 1.25. The summed E-state index contributed by atoms with van der Waals surface area (Å²) in [5, 5.41) is 4.12. The minimum atomic E-state index is 0.584. The molecule has 0 fully saturated rings. The predicted octanol–water partition coefficient (Wildman–Crippen LogP) is 1.65. The lowest BCUT2D eigenvalue weighted by molar-refractivity contribution is 0.363. The van der Waals surface area contributed by atoms with Crippen molar-refractivity contribution < 1.29 is 0 Å². The Morgan fingerprint density at radius 2 is 2.36 bits per heavy atom. The molecular formula is C10H16ClN3. The SMILES string of the molecule is CN(CC=CCCl)Cc1cnn(C)c1. The van der Waals surface area contributed by atoms with Crippen molar-refractivity contribution in [2.24, 2.45) is 7.05 Å². The Kier molecular flexibility index (Phi) is 4.70. The monoisotopic (exact) mass is 213 g/mol. The van der Waals surface area contributed by atoms with Gasteiger partial charge in [-0.25, -0.2) is 0 Å². The van der Waals surface area contributed by atoms with Gasteiger partial charge in [0, 0.05) is 37.8 Å². The van der Waals surface area contributed by atoms with Crippen LogP contribution in [0.5, 0.6) is 0 Å². The van der Waals surface area contributed by atoms with E-state index in [-0.39, 0.29) is 0 Å². The molecular weight excluding hydrogens is 198 g/mol. The predicted molar refractivity (Wildman–Crippen MR) is 59.4 cm³/mol. The summed E-state index contributed by atoms with van der Waals surface area (Å²) in [5.74, 6) is 0.584. The fraction of sp³-hybridized carbons (Fsp3) is 0.500. The normalized spacial score (nSPS) is 11.7. The molecule has 0 saturated carbocycles. The number of hydrogen-bond acceptors (Lipinski definition) is 2. The van der Waals surface area contributed by atoms with Crippen LogP contribution in [-0.2, 0) is 13.6 Å². The van der Waals surface area contributed by atoms with Gasteiger partial charge in [-0.3, -0.25) is 9.58 Å². The maximum atomic E-state index is 5.53. The molecule has 0 saturated heterocycles. The Hall–Kier alpha value is -0.800. The van der Waals surface area contributed by atoms with Gasteiger partial charge in [-0.1, -0.05) is 12.2 Å². The van der Waals surface area contributed by atoms with E-state index in [9.17, 15) is 0 Å². The van der Waals surface area contributed by atoms with Crippen LogP contribution >= 0.6 is 11.6 Å². The molecule has 0 unspecified atom stereocenters. The molecule has 78 valence electrons. The van der Waals surface area contributed by atoms with Crippen LogP contribution in [0.1, 0.15) is 5.56 Å². The van der Waals surface area contributed by atoms with E-state index in [4.69, 9.17) is 11.6 Å². The number of alkyl halides is 1. The second-order valence-electron chi connectivity index (χ2n) is 3.34. The van der Waals surface area contributed by atoms with Gasteiger partial charge in [-0.2, -0.15) is 5.10 Å². The third-order valence-corrected chi connectivity index (χ3v) is 2.06. The minimum absolute atomic E-state index is 0.584. The maximum Gasteiger partial charge on any atom is 0.0534 e. The van der Waals surface area contributed by atoms with Crippen LogP contribution < -0.4 is 0 Å². The molecule has 1 heterocycles. The van der Waals surface area contributed by atoms with Crippen LogP contribution in [0.25, 0.3) is 0 Å². The van der Waals surface area contributed by atoms with E-state index < -0.39 is 0 Å². The highest BCUT2D eigenvalue weighted by Crippen LogP contribution is 2.00. The van der Waals surface area contributed by atoms with Crippen LogP contribution in [-0.4, -0.2) is 34.2 Å². The summed E-state index contributed by atoms with van der Waals surface area (Å²) >= 11 is 5.53. The quantitative estimate of drug-likeness (QED) is 0.548. The lowest BCUT2D eigenvalue weighted by Crippen LogP contribution is -2.17. The Morgan fingerprint density at radius 3 is 2.93 bits per heavy atom. The first-order chi connectivity index (χ1) is 6.72. The number of aryl methyl sites for hydroxylation is 1. The van der Waals surface area contributed by atoms with Crippen molar-refractivity contribution in [3.8, 4) is 0 Å². The topological polar surface area (TPSA) is 21.1 Å². The van der Waals surface area contributed by atoms with Crippen LogP contribution in [0.4, 0.5) is 0 Å². The summed E-state index contributed by atoms with van der Waals surface area (Å²) in [4.78, 5) is 2.21. The third kappa shape index (κ3) is 3.94. The lowest BCUT2D eigenvalue weighted by Gasteiger charge is -2.12. The van der Waals surface area contributed by atoms with Gasteiger partial charge in [0.25, 0.3) is 0 Å². The molecule has 0 bridgehead atoms. The molecule has 1 aromatic rings. The molecule has 0 amide bonds. The van der Waals surface area contributed by atoms with E-state index in [0.29, 0.717) is 5.88 Å². The standard InChI is InChI=1S/C10H16ClN3/c1-13(6-4-3-5-11)8-10-7-12-14(2)9-10/h3-4,7,9H,5-6,8H2,1-2H3. The Balaban J connectivity index is 2.33. The van der Waals surface area contributed by atoms with E-state index in [2.05, 4.69) is 23.1 Å². The highest BCUT2D eigenvalue weighted by molar-refractivity contribution is 6.18. The lowest BCUT2D eigenvalue weighted by atomic mass is 10.3. The van der Waals surface area contributed by atoms with Gasteiger partial charge >= 0.3 is 0 Å². The zero-order valence-corrected chi connectivity index (χ0v) is 9.41. The number of likely N-dealkylation sites (N-methyl/N-ethyl adjacent to an activating group) is 1. The molecule has 4 heteroatoms. The van der Waals surface area contributed by atoms with E-state index in [0.717, 1.165) is 13.1 Å². The average Bonchev–Trinajstić information content (AvgIpc) is 2.52. The molecule has 3 nitrogen and oxygen atoms in total. The number of aromatic nitrogens is 2. The van der Waals surface area contributed by atoms with Crippen molar-refractivity contribution in [2.45, 2.75) is 6.54 Å². The van der Waals surface area contributed by atoms with Gasteiger partial charge in [0.15, 0.2) is 0 Å². The van der Waals surface area contributed by atoms with Crippen molar-refractivity contribution in [2.75, 3.05) is 19.5 Å². The van der Waals surface area contributed by atoms with E-state index in [1.54, 1.807) is 0 Å². The highest BCUT2D eigenvalue weighted by atomic mass is 35.5. The van der Waals surface area contributed by atoms with E-state index in [1.165, 1.54) is 5.56 Å².